The average Bonchev–Trinajstić information content (AvgIpc) is 2.31. The van der Waals surface area contributed by atoms with E-state index in [2.05, 4.69) is 20.7 Å². The summed E-state index contributed by atoms with van der Waals surface area (Å²) in [5.41, 5.74) is 6.17. The molecule has 2 aromatic carbocycles. The van der Waals surface area contributed by atoms with Gasteiger partial charge >= 0.3 is 0 Å². The van der Waals surface area contributed by atoms with Crippen LogP contribution in [0.2, 0.25) is 15.1 Å². The first-order chi connectivity index (χ1) is 9.70. The standard InChI is InChI=1S/C12H8BrCl3N2O2S/c13-6-3-9(15)12(10(16)4-6)21(19,20)18-7-1-2-11(17)8(14)5-7/h1-5,18H,17H2. The quantitative estimate of drug-likeness (QED) is 0.688. The van der Waals surface area contributed by atoms with Gasteiger partial charge in [-0.15, -0.1) is 0 Å². The van der Waals surface area contributed by atoms with E-state index in [9.17, 15) is 8.42 Å². The largest absolute Gasteiger partial charge is 0.398 e. The van der Waals surface area contributed by atoms with Gasteiger partial charge in [0.25, 0.3) is 10.0 Å². The van der Waals surface area contributed by atoms with Crippen molar-refractivity contribution in [3.63, 3.8) is 0 Å². The highest BCUT2D eigenvalue weighted by atomic mass is 79.9. The molecule has 2 rings (SSSR count). The fourth-order valence-electron chi connectivity index (χ4n) is 1.58. The highest BCUT2D eigenvalue weighted by Gasteiger charge is 2.22. The smallest absolute Gasteiger partial charge is 0.264 e. The van der Waals surface area contributed by atoms with Gasteiger partial charge in [-0.3, -0.25) is 4.72 Å². The number of nitrogens with one attached hydrogen (secondary N) is 1. The van der Waals surface area contributed by atoms with E-state index in [0.717, 1.165) is 0 Å². The van der Waals surface area contributed by atoms with Crippen LogP contribution in [0, 0.1) is 0 Å². The second kappa shape index (κ2) is 6.22. The summed E-state index contributed by atoms with van der Waals surface area (Å²) in [4.78, 5) is -0.206. The van der Waals surface area contributed by atoms with Crippen LogP contribution in [0.5, 0.6) is 0 Å². The SMILES string of the molecule is Nc1ccc(NS(=O)(=O)c2c(Cl)cc(Br)cc2Cl)cc1Cl. The number of rotatable bonds is 3. The average molecular weight is 431 g/mol. The van der Waals surface area contributed by atoms with Gasteiger partial charge in [0.1, 0.15) is 4.90 Å². The Labute approximate surface area is 145 Å². The number of anilines is 2. The van der Waals surface area contributed by atoms with E-state index in [0.29, 0.717) is 10.2 Å². The molecule has 0 radical (unpaired) electrons. The molecule has 0 aliphatic rings. The lowest BCUT2D eigenvalue weighted by Crippen LogP contribution is -2.14. The second-order valence-electron chi connectivity index (χ2n) is 4.04. The fourth-order valence-corrected chi connectivity index (χ4v) is 4.75. The molecule has 0 heterocycles. The Balaban J connectivity index is 2.46. The Bertz CT molecular complexity index is 789. The van der Waals surface area contributed by atoms with Crippen LogP contribution in [0.25, 0.3) is 0 Å². The molecule has 0 atom stereocenters. The first kappa shape index (κ1) is 16.7. The molecule has 0 amide bonds. The van der Waals surface area contributed by atoms with Crippen molar-refractivity contribution >= 4 is 72.1 Å². The number of sulfonamides is 1. The van der Waals surface area contributed by atoms with Crippen LogP contribution in [0.3, 0.4) is 0 Å². The summed E-state index contributed by atoms with van der Waals surface area (Å²) in [7, 11) is -3.96. The highest BCUT2D eigenvalue weighted by molar-refractivity contribution is 9.10. The molecule has 0 aromatic heterocycles. The molecule has 3 N–H and O–H groups in total. The zero-order valence-electron chi connectivity index (χ0n) is 10.2. The summed E-state index contributed by atoms with van der Waals surface area (Å²) in [6.07, 6.45) is 0. The van der Waals surface area contributed by atoms with E-state index >= 15 is 0 Å². The van der Waals surface area contributed by atoms with E-state index in [1.54, 1.807) is 0 Å². The van der Waals surface area contributed by atoms with Crippen LogP contribution in [0.1, 0.15) is 0 Å². The Morgan fingerprint density at radius 1 is 1.00 bits per heavy atom. The van der Waals surface area contributed by atoms with Gasteiger partial charge in [0.15, 0.2) is 0 Å². The lowest BCUT2D eigenvalue weighted by atomic mass is 10.3. The molecule has 0 unspecified atom stereocenters. The van der Waals surface area contributed by atoms with E-state index in [4.69, 9.17) is 40.5 Å². The summed E-state index contributed by atoms with van der Waals surface area (Å²) in [5, 5.41) is 0.245. The van der Waals surface area contributed by atoms with E-state index < -0.39 is 10.0 Å². The number of benzene rings is 2. The zero-order valence-corrected chi connectivity index (χ0v) is 14.9. The second-order valence-corrected chi connectivity index (χ2v) is 7.80. The van der Waals surface area contributed by atoms with Crippen LogP contribution >= 0.6 is 50.7 Å². The van der Waals surface area contributed by atoms with Gasteiger partial charge in [-0.05, 0) is 30.3 Å². The maximum Gasteiger partial charge on any atom is 0.264 e. The summed E-state index contributed by atoms with van der Waals surface area (Å²) >= 11 is 21.0. The molecule has 2 aromatic rings. The third-order valence-corrected chi connectivity index (χ3v) is 5.57. The van der Waals surface area contributed by atoms with Gasteiger partial charge in [0, 0.05) is 4.47 Å². The fraction of sp³-hybridized carbons (Fsp3) is 0. The molecule has 9 heteroatoms. The van der Waals surface area contributed by atoms with Crippen LogP contribution in [-0.2, 0) is 10.0 Å². The van der Waals surface area contributed by atoms with Crippen LogP contribution in [0.15, 0.2) is 39.7 Å². The minimum Gasteiger partial charge on any atom is -0.398 e. The predicted molar refractivity (Wildman–Crippen MR) is 90.8 cm³/mol. The normalized spacial score (nSPS) is 11.4. The van der Waals surface area contributed by atoms with Crippen LogP contribution in [0.4, 0.5) is 11.4 Å². The minimum absolute atomic E-state index is 0.00316. The van der Waals surface area contributed by atoms with Crippen LogP contribution < -0.4 is 10.5 Å². The Kier molecular flexibility index (Phi) is 4.95. The third-order valence-electron chi connectivity index (χ3n) is 2.48. The summed E-state index contributed by atoms with van der Waals surface area (Å²) in [5.74, 6) is 0. The van der Waals surface area contributed by atoms with Crippen molar-refractivity contribution in [2.24, 2.45) is 0 Å². The van der Waals surface area contributed by atoms with E-state index in [-0.39, 0.29) is 25.7 Å². The molecule has 112 valence electrons. The number of halogens is 4. The molecule has 0 aliphatic heterocycles. The molecule has 21 heavy (non-hydrogen) atoms. The monoisotopic (exact) mass is 428 g/mol. The van der Waals surface area contributed by atoms with Crippen molar-refractivity contribution in [1.29, 1.82) is 0 Å². The predicted octanol–water partition coefficient (Wildman–Crippen LogP) is 4.79. The Morgan fingerprint density at radius 3 is 2.10 bits per heavy atom. The Hall–Kier alpha value is -0.660. The number of hydrogen-bond acceptors (Lipinski definition) is 3. The summed E-state index contributed by atoms with van der Waals surface area (Å²) < 4.78 is 27.7. The van der Waals surface area contributed by atoms with Crippen molar-refractivity contribution in [2.45, 2.75) is 4.90 Å². The summed E-state index contributed by atoms with van der Waals surface area (Å²) in [6.45, 7) is 0. The lowest BCUT2D eigenvalue weighted by Gasteiger charge is -2.12. The maximum absolute atomic E-state index is 12.4. The van der Waals surface area contributed by atoms with Gasteiger partial charge in [-0.25, -0.2) is 8.42 Å². The van der Waals surface area contributed by atoms with Crippen molar-refractivity contribution in [3.05, 3.63) is 49.9 Å². The van der Waals surface area contributed by atoms with Gasteiger partial charge in [-0.2, -0.15) is 0 Å². The molecule has 0 bridgehead atoms. The molecule has 0 fully saturated rings. The van der Waals surface area contributed by atoms with Gasteiger partial charge in [-0.1, -0.05) is 50.7 Å². The number of nitrogens with two attached hydrogens (primary N) is 1. The van der Waals surface area contributed by atoms with Gasteiger partial charge < -0.3 is 5.73 Å². The van der Waals surface area contributed by atoms with Crippen molar-refractivity contribution in [1.82, 2.24) is 0 Å². The minimum atomic E-state index is -3.96. The molecular formula is C12H8BrCl3N2O2S. The zero-order chi connectivity index (χ0) is 15.8. The first-order valence-corrected chi connectivity index (χ1v) is 8.84. The third kappa shape index (κ3) is 3.76. The molecule has 0 saturated heterocycles. The van der Waals surface area contributed by atoms with Gasteiger partial charge in [0.2, 0.25) is 0 Å². The molecular weight excluding hydrogens is 422 g/mol. The number of hydrogen-bond donors (Lipinski definition) is 2. The maximum atomic E-state index is 12.4. The topological polar surface area (TPSA) is 72.2 Å². The van der Waals surface area contributed by atoms with Crippen molar-refractivity contribution in [3.8, 4) is 0 Å². The highest BCUT2D eigenvalue weighted by Crippen LogP contribution is 2.34. The van der Waals surface area contributed by atoms with Crippen LogP contribution in [-0.4, -0.2) is 8.42 Å². The first-order valence-electron chi connectivity index (χ1n) is 5.43. The van der Waals surface area contributed by atoms with E-state index in [1.165, 1.54) is 30.3 Å². The Morgan fingerprint density at radius 2 is 1.57 bits per heavy atom. The molecule has 0 aliphatic carbocycles. The van der Waals surface area contributed by atoms with E-state index in [1.807, 2.05) is 0 Å². The molecule has 4 nitrogen and oxygen atoms in total. The van der Waals surface area contributed by atoms with Crippen molar-refractivity contribution < 1.29 is 8.42 Å². The van der Waals surface area contributed by atoms with Gasteiger partial charge in [0.05, 0.1) is 26.4 Å². The lowest BCUT2D eigenvalue weighted by molar-refractivity contribution is 0.601. The summed E-state index contributed by atoms with van der Waals surface area (Å²) in [6, 6.07) is 7.26. The number of nitrogen functional groups attached to an aromatic ring is 1. The molecule has 0 saturated carbocycles. The van der Waals surface area contributed by atoms with Crippen molar-refractivity contribution in [2.75, 3.05) is 10.5 Å². The molecule has 0 spiro atoms.